The fourth-order valence-electron chi connectivity index (χ4n) is 2.47. The summed E-state index contributed by atoms with van der Waals surface area (Å²) in [4.78, 5) is 24.6. The lowest BCUT2D eigenvalue weighted by molar-refractivity contribution is -0.137. The summed E-state index contributed by atoms with van der Waals surface area (Å²) >= 11 is 0. The van der Waals surface area contributed by atoms with Crippen LogP contribution in [-0.4, -0.2) is 53.8 Å². The molecule has 0 bridgehead atoms. The Hall–Kier alpha value is -1.30. The largest absolute Gasteiger partial charge is 0.481 e. The number of carboxylic acids is 1. The second-order valence-electron chi connectivity index (χ2n) is 5.92. The molecule has 1 aliphatic heterocycles. The number of rotatable bonds is 7. The van der Waals surface area contributed by atoms with E-state index in [0.29, 0.717) is 32.0 Å². The van der Waals surface area contributed by atoms with Crippen LogP contribution >= 0.6 is 0 Å². The van der Waals surface area contributed by atoms with Crippen molar-refractivity contribution in [1.29, 1.82) is 0 Å². The van der Waals surface area contributed by atoms with Crippen molar-refractivity contribution >= 4 is 12.0 Å². The summed E-state index contributed by atoms with van der Waals surface area (Å²) in [6.45, 7) is 7.85. The number of morpholine rings is 1. The lowest BCUT2D eigenvalue weighted by Crippen LogP contribution is -2.54. The smallest absolute Gasteiger partial charge is 0.317 e. The first kappa shape index (κ1) is 17.8. The Kier molecular flexibility index (Phi) is 7.50. The maximum Gasteiger partial charge on any atom is 0.317 e. The fourth-order valence-corrected chi connectivity index (χ4v) is 2.47. The average molecular weight is 300 g/mol. The van der Waals surface area contributed by atoms with Crippen LogP contribution in [0, 0.1) is 5.92 Å². The van der Waals surface area contributed by atoms with E-state index in [2.05, 4.69) is 12.2 Å². The minimum atomic E-state index is -0.765. The van der Waals surface area contributed by atoms with Crippen LogP contribution in [-0.2, 0) is 9.53 Å². The molecule has 1 rings (SSSR count). The molecule has 3 unspecified atom stereocenters. The molecule has 1 saturated heterocycles. The third-order valence-electron chi connectivity index (χ3n) is 3.96. The Morgan fingerprint density at radius 3 is 2.76 bits per heavy atom. The van der Waals surface area contributed by atoms with Crippen molar-refractivity contribution in [3.63, 3.8) is 0 Å². The van der Waals surface area contributed by atoms with Crippen LogP contribution in [0.25, 0.3) is 0 Å². The third kappa shape index (κ3) is 6.33. The molecule has 0 aromatic rings. The van der Waals surface area contributed by atoms with Gasteiger partial charge >= 0.3 is 12.0 Å². The molecule has 122 valence electrons. The van der Waals surface area contributed by atoms with Crippen molar-refractivity contribution in [3.05, 3.63) is 0 Å². The summed E-state index contributed by atoms with van der Waals surface area (Å²) in [5.74, 6) is -0.467. The zero-order valence-electron chi connectivity index (χ0n) is 13.3. The van der Waals surface area contributed by atoms with Crippen molar-refractivity contribution in [2.45, 2.75) is 58.6 Å². The van der Waals surface area contributed by atoms with Crippen molar-refractivity contribution in [2.75, 3.05) is 19.7 Å². The van der Waals surface area contributed by atoms with Gasteiger partial charge in [0.05, 0.1) is 18.8 Å². The van der Waals surface area contributed by atoms with E-state index in [-0.39, 0.29) is 24.6 Å². The van der Waals surface area contributed by atoms with E-state index in [1.807, 2.05) is 18.7 Å². The number of nitrogens with zero attached hydrogens (tertiary/aromatic N) is 1. The summed E-state index contributed by atoms with van der Waals surface area (Å²) in [5.41, 5.74) is 0. The van der Waals surface area contributed by atoms with Crippen molar-refractivity contribution < 1.29 is 19.4 Å². The first-order chi connectivity index (χ1) is 9.93. The number of urea groups is 1. The number of nitrogens with one attached hydrogen (secondary N) is 1. The van der Waals surface area contributed by atoms with Gasteiger partial charge in [-0.3, -0.25) is 4.79 Å². The van der Waals surface area contributed by atoms with Gasteiger partial charge in [-0.15, -0.1) is 0 Å². The molecule has 0 spiro atoms. The third-order valence-corrected chi connectivity index (χ3v) is 3.96. The molecule has 6 nitrogen and oxygen atoms in total. The quantitative estimate of drug-likeness (QED) is 0.754. The van der Waals surface area contributed by atoms with Gasteiger partial charge in [-0.25, -0.2) is 4.79 Å². The molecule has 1 aliphatic rings. The summed E-state index contributed by atoms with van der Waals surface area (Å²) in [7, 11) is 0. The lowest BCUT2D eigenvalue weighted by Gasteiger charge is -2.38. The normalized spacial score (nSPS) is 23.7. The van der Waals surface area contributed by atoms with Gasteiger partial charge in [0.25, 0.3) is 0 Å². The van der Waals surface area contributed by atoms with Crippen molar-refractivity contribution in [2.24, 2.45) is 5.92 Å². The minimum Gasteiger partial charge on any atom is -0.481 e. The van der Waals surface area contributed by atoms with Gasteiger partial charge in [0.2, 0.25) is 0 Å². The van der Waals surface area contributed by atoms with Gasteiger partial charge in [0.1, 0.15) is 0 Å². The second-order valence-corrected chi connectivity index (χ2v) is 5.92. The predicted octanol–water partition coefficient (Wildman–Crippen LogP) is 2.09. The maximum absolute atomic E-state index is 12.2. The van der Waals surface area contributed by atoms with E-state index in [1.165, 1.54) is 0 Å². The van der Waals surface area contributed by atoms with Gasteiger partial charge in [-0.1, -0.05) is 13.8 Å². The Morgan fingerprint density at radius 2 is 2.14 bits per heavy atom. The Morgan fingerprint density at radius 1 is 1.43 bits per heavy atom. The van der Waals surface area contributed by atoms with Crippen LogP contribution in [0.3, 0.4) is 0 Å². The number of carbonyl (C=O) groups excluding carboxylic acids is 1. The van der Waals surface area contributed by atoms with Gasteiger partial charge in [-0.2, -0.15) is 0 Å². The molecule has 0 saturated carbocycles. The molecule has 21 heavy (non-hydrogen) atoms. The molecule has 3 atom stereocenters. The number of carbonyl (C=O) groups is 2. The number of hydrogen-bond acceptors (Lipinski definition) is 3. The Balaban J connectivity index is 2.30. The monoisotopic (exact) mass is 300 g/mol. The van der Waals surface area contributed by atoms with E-state index in [9.17, 15) is 9.59 Å². The molecule has 0 radical (unpaired) electrons. The van der Waals surface area contributed by atoms with E-state index in [1.54, 1.807) is 0 Å². The molecule has 1 heterocycles. The highest BCUT2D eigenvalue weighted by atomic mass is 16.5. The van der Waals surface area contributed by atoms with E-state index < -0.39 is 5.97 Å². The summed E-state index contributed by atoms with van der Waals surface area (Å²) < 4.78 is 5.58. The SMILES string of the molecule is CCC1COC(C)CN1C(=O)NCCC(C)CCC(=O)O. The standard InChI is InChI=1S/C15H28N2O4/c1-4-13-10-21-12(3)9-17(13)15(20)16-8-7-11(2)5-6-14(18)19/h11-13H,4-10H2,1-3H3,(H,16,20)(H,18,19). The lowest BCUT2D eigenvalue weighted by atomic mass is 10.0. The summed E-state index contributed by atoms with van der Waals surface area (Å²) in [5, 5.41) is 11.6. The van der Waals surface area contributed by atoms with Crippen LogP contribution in [0.1, 0.15) is 46.5 Å². The first-order valence-electron chi connectivity index (χ1n) is 7.81. The Labute approximate surface area is 126 Å². The van der Waals surface area contributed by atoms with E-state index in [0.717, 1.165) is 12.8 Å². The number of amides is 2. The molecule has 2 N–H and O–H groups in total. The second kappa shape index (κ2) is 8.87. The van der Waals surface area contributed by atoms with Crippen LogP contribution in [0.4, 0.5) is 4.79 Å². The predicted molar refractivity (Wildman–Crippen MR) is 80.2 cm³/mol. The molecule has 0 aromatic carbocycles. The van der Waals surface area contributed by atoms with Gasteiger partial charge < -0.3 is 20.1 Å². The molecular formula is C15H28N2O4. The molecule has 0 aromatic heterocycles. The van der Waals surface area contributed by atoms with Crippen LogP contribution in [0.5, 0.6) is 0 Å². The van der Waals surface area contributed by atoms with Crippen molar-refractivity contribution in [3.8, 4) is 0 Å². The Bertz CT molecular complexity index is 349. The van der Waals surface area contributed by atoms with Crippen LogP contribution < -0.4 is 5.32 Å². The highest BCUT2D eigenvalue weighted by molar-refractivity contribution is 5.74. The number of aliphatic carboxylic acids is 1. The van der Waals surface area contributed by atoms with E-state index >= 15 is 0 Å². The first-order valence-corrected chi connectivity index (χ1v) is 7.81. The minimum absolute atomic E-state index is 0.0394. The molecule has 1 fully saturated rings. The number of carboxylic acid groups (broad SMARTS) is 1. The van der Waals surface area contributed by atoms with E-state index in [4.69, 9.17) is 9.84 Å². The fraction of sp³-hybridized carbons (Fsp3) is 0.867. The average Bonchev–Trinajstić information content (AvgIpc) is 2.44. The summed E-state index contributed by atoms with van der Waals surface area (Å²) in [6, 6.07) is 0.105. The van der Waals surface area contributed by atoms with Crippen LogP contribution in [0.15, 0.2) is 0 Å². The maximum atomic E-state index is 12.2. The number of hydrogen-bond donors (Lipinski definition) is 2. The molecule has 6 heteroatoms. The zero-order chi connectivity index (χ0) is 15.8. The summed E-state index contributed by atoms with van der Waals surface area (Å²) in [6.07, 6.45) is 2.60. The highest BCUT2D eigenvalue weighted by Crippen LogP contribution is 2.15. The highest BCUT2D eigenvalue weighted by Gasteiger charge is 2.29. The molecule has 2 amide bonds. The molecule has 0 aliphatic carbocycles. The number of ether oxygens (including phenoxy) is 1. The van der Waals surface area contributed by atoms with Gasteiger partial charge in [-0.05, 0) is 32.1 Å². The van der Waals surface area contributed by atoms with Crippen molar-refractivity contribution in [1.82, 2.24) is 10.2 Å². The topological polar surface area (TPSA) is 78.9 Å². The van der Waals surface area contributed by atoms with Crippen LogP contribution in [0.2, 0.25) is 0 Å². The molecular weight excluding hydrogens is 272 g/mol. The van der Waals surface area contributed by atoms with Gasteiger partial charge in [0.15, 0.2) is 0 Å². The zero-order valence-corrected chi connectivity index (χ0v) is 13.3. The van der Waals surface area contributed by atoms with Gasteiger partial charge in [0, 0.05) is 19.5 Å².